The van der Waals surface area contributed by atoms with Gasteiger partial charge in [0.1, 0.15) is 0 Å². The summed E-state index contributed by atoms with van der Waals surface area (Å²) in [6.07, 6.45) is 7.22. The molecule has 0 spiro atoms. The molecule has 0 amide bonds. The van der Waals surface area contributed by atoms with E-state index in [0.717, 1.165) is 23.4 Å². The zero-order valence-electron chi connectivity index (χ0n) is 6.00. The molecule has 0 bridgehead atoms. The van der Waals surface area contributed by atoms with Crippen LogP contribution in [-0.2, 0) is 0 Å². The van der Waals surface area contributed by atoms with E-state index < -0.39 is 0 Å². The third-order valence-electron chi connectivity index (χ3n) is 1.79. The van der Waals surface area contributed by atoms with Gasteiger partial charge < -0.3 is 0 Å². The Kier molecular flexibility index (Phi) is 1.35. The zero-order chi connectivity index (χ0) is 7.68. The average Bonchev–Trinajstić information content (AvgIpc) is 2.06. The molecule has 0 saturated heterocycles. The number of hydrogen-bond donors (Lipinski definition) is 1. The quantitative estimate of drug-likeness (QED) is 0.519. The van der Waals surface area contributed by atoms with Gasteiger partial charge in [0.25, 0.3) is 0 Å². The molecule has 1 aromatic rings. The van der Waals surface area contributed by atoms with Crippen LogP contribution in [0.5, 0.6) is 0 Å². The van der Waals surface area contributed by atoms with Gasteiger partial charge in [-0.2, -0.15) is 5.10 Å². The summed E-state index contributed by atoms with van der Waals surface area (Å²) in [6.45, 7) is 0. The maximum Gasteiger partial charge on any atom is 0.207 e. The van der Waals surface area contributed by atoms with E-state index in [4.69, 9.17) is 0 Å². The molecule has 56 valence electrons. The van der Waals surface area contributed by atoms with Crippen molar-refractivity contribution in [1.29, 1.82) is 0 Å². The highest BCUT2D eigenvalue weighted by Crippen LogP contribution is 1.91. The van der Waals surface area contributed by atoms with E-state index >= 15 is 0 Å². The molecule has 0 atom stereocenters. The van der Waals surface area contributed by atoms with Crippen LogP contribution in [-0.4, -0.2) is 10.2 Å². The van der Waals surface area contributed by atoms with Crippen molar-refractivity contribution in [1.82, 2.24) is 10.2 Å². The standard InChI is InChI=1S/C8H8N2O/c11-8-5-9-10-7-4-2-1-3-6(7)8/h3-5,10H,1-2H2. The van der Waals surface area contributed by atoms with Crippen LogP contribution in [0.3, 0.4) is 0 Å². The number of fused-ring (bicyclic) bond motifs is 1. The van der Waals surface area contributed by atoms with Crippen molar-refractivity contribution in [2.24, 2.45) is 0 Å². The van der Waals surface area contributed by atoms with Gasteiger partial charge >= 0.3 is 0 Å². The summed E-state index contributed by atoms with van der Waals surface area (Å²) in [6, 6.07) is 0. The molecule has 3 nitrogen and oxygen atoms in total. The van der Waals surface area contributed by atoms with Crippen molar-refractivity contribution in [3.63, 3.8) is 0 Å². The largest absolute Gasteiger partial charge is 0.287 e. The summed E-state index contributed by atoms with van der Waals surface area (Å²) in [5, 5.41) is 8.14. The van der Waals surface area contributed by atoms with Gasteiger partial charge in [-0.15, -0.1) is 0 Å². The first kappa shape index (κ1) is 6.34. The minimum Gasteiger partial charge on any atom is -0.287 e. The summed E-state index contributed by atoms with van der Waals surface area (Å²) in [5.74, 6) is 0. The van der Waals surface area contributed by atoms with E-state index in [1.54, 1.807) is 0 Å². The van der Waals surface area contributed by atoms with Gasteiger partial charge in [0.15, 0.2) is 0 Å². The molecule has 2 rings (SSSR count). The number of hydrogen-bond acceptors (Lipinski definition) is 2. The van der Waals surface area contributed by atoms with Crippen molar-refractivity contribution >= 4 is 12.2 Å². The van der Waals surface area contributed by atoms with Gasteiger partial charge in [-0.3, -0.25) is 9.89 Å². The highest BCUT2D eigenvalue weighted by atomic mass is 16.1. The van der Waals surface area contributed by atoms with Crippen LogP contribution in [0.4, 0.5) is 0 Å². The highest BCUT2D eigenvalue weighted by Gasteiger charge is 1.95. The van der Waals surface area contributed by atoms with Crippen LogP contribution in [0.15, 0.2) is 11.0 Å². The summed E-state index contributed by atoms with van der Waals surface area (Å²) < 4.78 is 0. The second-order valence-corrected chi connectivity index (χ2v) is 2.55. The minimum atomic E-state index is 0.00898. The molecule has 1 aromatic heterocycles. The first-order valence-electron chi connectivity index (χ1n) is 3.62. The number of nitrogens with zero attached hydrogens (tertiary/aromatic N) is 1. The number of nitrogens with one attached hydrogen (secondary N) is 1. The Morgan fingerprint density at radius 2 is 2.18 bits per heavy atom. The molecule has 0 fully saturated rings. The van der Waals surface area contributed by atoms with Crippen molar-refractivity contribution in [3.05, 3.63) is 27.0 Å². The third kappa shape index (κ3) is 0.981. The molecular formula is C8H8N2O. The Hall–Kier alpha value is -1.38. The first-order valence-corrected chi connectivity index (χ1v) is 3.62. The lowest BCUT2D eigenvalue weighted by Crippen LogP contribution is -2.42. The van der Waals surface area contributed by atoms with Crippen LogP contribution in [0.25, 0.3) is 12.2 Å². The fourth-order valence-electron chi connectivity index (χ4n) is 1.24. The van der Waals surface area contributed by atoms with Crippen LogP contribution < -0.4 is 16.0 Å². The van der Waals surface area contributed by atoms with E-state index in [0.29, 0.717) is 0 Å². The molecule has 1 N–H and O–H groups in total. The lowest BCUT2D eigenvalue weighted by molar-refractivity contribution is 0.942. The lowest BCUT2D eigenvalue weighted by atomic mass is 10.1. The normalized spacial score (nSPS) is 14.5. The first-order chi connectivity index (χ1) is 5.38. The van der Waals surface area contributed by atoms with Crippen LogP contribution in [0.2, 0.25) is 0 Å². The molecule has 1 aliphatic carbocycles. The van der Waals surface area contributed by atoms with Crippen LogP contribution >= 0.6 is 0 Å². The van der Waals surface area contributed by atoms with E-state index in [1.807, 2.05) is 12.2 Å². The van der Waals surface area contributed by atoms with Crippen molar-refractivity contribution < 1.29 is 0 Å². The predicted octanol–water partition coefficient (Wildman–Crippen LogP) is -0.875. The Bertz CT molecular complexity index is 430. The highest BCUT2D eigenvalue weighted by molar-refractivity contribution is 5.34. The molecule has 1 aliphatic rings. The average molecular weight is 148 g/mol. The molecule has 11 heavy (non-hydrogen) atoms. The van der Waals surface area contributed by atoms with E-state index in [9.17, 15) is 4.79 Å². The van der Waals surface area contributed by atoms with Crippen LogP contribution in [0, 0.1) is 0 Å². The summed E-state index contributed by atoms with van der Waals surface area (Å²) in [4.78, 5) is 11.1. The van der Waals surface area contributed by atoms with E-state index in [-0.39, 0.29) is 5.43 Å². The summed E-state index contributed by atoms with van der Waals surface area (Å²) >= 11 is 0. The molecule has 0 aromatic carbocycles. The Balaban J connectivity index is 3.00. The Morgan fingerprint density at radius 3 is 3.00 bits per heavy atom. The van der Waals surface area contributed by atoms with Crippen LogP contribution in [0.1, 0.15) is 12.8 Å². The van der Waals surface area contributed by atoms with Crippen molar-refractivity contribution in [2.45, 2.75) is 12.8 Å². The van der Waals surface area contributed by atoms with Gasteiger partial charge in [0.2, 0.25) is 5.43 Å². The maximum atomic E-state index is 11.1. The monoisotopic (exact) mass is 148 g/mol. The summed E-state index contributed by atoms with van der Waals surface area (Å²) in [7, 11) is 0. The summed E-state index contributed by atoms with van der Waals surface area (Å²) in [5.41, 5.74) is 0.00898. The fraction of sp³-hybridized carbons (Fsp3) is 0.250. The van der Waals surface area contributed by atoms with Gasteiger partial charge in [-0.25, -0.2) is 0 Å². The topological polar surface area (TPSA) is 45.8 Å². The SMILES string of the molecule is O=c1cn[nH]c2c1=CCCC=2. The molecule has 0 aliphatic heterocycles. The molecule has 3 heteroatoms. The van der Waals surface area contributed by atoms with Gasteiger partial charge in [-0.05, 0) is 12.8 Å². The minimum absolute atomic E-state index is 0.00898. The fourth-order valence-corrected chi connectivity index (χ4v) is 1.24. The lowest BCUT2D eigenvalue weighted by Gasteiger charge is -1.96. The maximum absolute atomic E-state index is 11.1. The molecule has 1 heterocycles. The second kappa shape index (κ2) is 2.34. The Labute approximate surface area is 63.1 Å². The second-order valence-electron chi connectivity index (χ2n) is 2.55. The van der Waals surface area contributed by atoms with Gasteiger partial charge in [0, 0.05) is 5.22 Å². The van der Waals surface area contributed by atoms with E-state index in [2.05, 4.69) is 10.2 Å². The number of aromatic amines is 1. The van der Waals surface area contributed by atoms with Crippen molar-refractivity contribution in [3.8, 4) is 0 Å². The molecular weight excluding hydrogens is 140 g/mol. The van der Waals surface area contributed by atoms with Gasteiger partial charge in [0.05, 0.1) is 11.5 Å². The van der Waals surface area contributed by atoms with Gasteiger partial charge in [-0.1, -0.05) is 12.2 Å². The smallest absolute Gasteiger partial charge is 0.207 e. The van der Waals surface area contributed by atoms with E-state index in [1.165, 1.54) is 6.20 Å². The Morgan fingerprint density at radius 1 is 1.36 bits per heavy atom. The molecule has 0 radical (unpaired) electrons. The zero-order valence-corrected chi connectivity index (χ0v) is 6.00. The molecule has 0 saturated carbocycles. The number of H-pyrrole nitrogens is 1. The third-order valence-corrected chi connectivity index (χ3v) is 1.79. The number of aromatic nitrogens is 2. The number of rotatable bonds is 0. The van der Waals surface area contributed by atoms with Crippen molar-refractivity contribution in [2.75, 3.05) is 0 Å². The molecule has 0 unspecified atom stereocenters. The predicted molar refractivity (Wildman–Crippen MR) is 42.3 cm³/mol.